The number of carbonyl (C=O) groups is 4. The molecule has 238 valence electrons. The van der Waals surface area contributed by atoms with Gasteiger partial charge in [0, 0.05) is 37.8 Å². The summed E-state index contributed by atoms with van der Waals surface area (Å²) in [7, 11) is 1.39. The number of hydrogen-bond donors (Lipinski definition) is 3. The molecule has 43 heavy (non-hydrogen) atoms. The molecule has 2 heterocycles. The van der Waals surface area contributed by atoms with E-state index in [1.54, 1.807) is 13.8 Å². The minimum absolute atomic E-state index is 0.0258. The summed E-state index contributed by atoms with van der Waals surface area (Å²) in [4.78, 5) is 55.4. The highest BCUT2D eigenvalue weighted by atomic mass is 16.6. The summed E-state index contributed by atoms with van der Waals surface area (Å²) in [6.45, 7) is 6.27. The normalized spacial score (nSPS) is 23.6. The Morgan fingerprint density at radius 2 is 1.81 bits per heavy atom. The minimum atomic E-state index is -1.51. The molecule has 2 aliphatic heterocycles. The van der Waals surface area contributed by atoms with E-state index in [2.05, 4.69) is 5.32 Å². The number of hydrogen-bond acceptors (Lipinski definition) is 10. The number of nitrogens with zero attached hydrogens (tertiary/aromatic N) is 1. The van der Waals surface area contributed by atoms with Crippen molar-refractivity contribution in [2.75, 3.05) is 46.6 Å². The molecule has 1 amide bonds. The summed E-state index contributed by atoms with van der Waals surface area (Å²) >= 11 is 0. The maximum absolute atomic E-state index is 13.9. The van der Waals surface area contributed by atoms with Gasteiger partial charge in [0.1, 0.15) is 23.5 Å². The van der Waals surface area contributed by atoms with Gasteiger partial charge in [-0.05, 0) is 37.0 Å². The quantitative estimate of drug-likeness (QED) is 0.240. The number of nitrogens with one attached hydrogen (secondary N) is 1. The first-order chi connectivity index (χ1) is 20.5. The van der Waals surface area contributed by atoms with E-state index in [1.165, 1.54) is 25.3 Å². The van der Waals surface area contributed by atoms with Crippen molar-refractivity contribution < 1.29 is 43.6 Å². The van der Waals surface area contributed by atoms with Crippen molar-refractivity contribution in [3.8, 4) is 11.5 Å². The number of Topliss-reactive ketones (excluding diaryl/α,β-unsaturated/α-hetero) is 3. The van der Waals surface area contributed by atoms with Crippen LogP contribution in [-0.4, -0.2) is 96.6 Å². The van der Waals surface area contributed by atoms with Crippen LogP contribution in [0, 0.1) is 17.8 Å². The molecule has 11 heteroatoms. The standard InChI is InChI=1S/C32H46N2O9/c1-20(14-24(35)18-34-10-12-42-13-11-34)31(40)33-28(29(38)22-8-9-27(41-3)25(36)16-22)26(37)17-23(15-21-6-4-5-7-21)30(39)32(2)19-43-32/h8-9,16,20-21,23,28-29,36,38H,4-7,10-15,17-19H2,1-3H3,(H,33,40). The Kier molecular flexibility index (Phi) is 11.3. The molecule has 4 rings (SSSR count). The number of benzene rings is 1. The van der Waals surface area contributed by atoms with E-state index < -0.39 is 41.3 Å². The molecule has 1 saturated carbocycles. The van der Waals surface area contributed by atoms with Gasteiger partial charge >= 0.3 is 0 Å². The number of ether oxygens (including phenoxy) is 3. The molecule has 1 aliphatic carbocycles. The lowest BCUT2D eigenvalue weighted by Gasteiger charge is -2.28. The zero-order valence-electron chi connectivity index (χ0n) is 25.5. The lowest BCUT2D eigenvalue weighted by molar-refractivity contribution is -0.136. The number of ketones is 3. The smallest absolute Gasteiger partial charge is 0.223 e. The van der Waals surface area contributed by atoms with Crippen molar-refractivity contribution in [1.29, 1.82) is 0 Å². The maximum atomic E-state index is 13.9. The summed E-state index contributed by atoms with van der Waals surface area (Å²) in [5, 5.41) is 24.4. The fraction of sp³-hybridized carbons (Fsp3) is 0.688. The van der Waals surface area contributed by atoms with E-state index in [0.29, 0.717) is 45.2 Å². The third-order valence-corrected chi connectivity index (χ3v) is 9.00. The number of epoxide rings is 1. The van der Waals surface area contributed by atoms with Crippen molar-refractivity contribution in [3.05, 3.63) is 23.8 Å². The predicted molar refractivity (Wildman–Crippen MR) is 157 cm³/mol. The number of morpholine rings is 1. The molecule has 2 saturated heterocycles. The maximum Gasteiger partial charge on any atom is 0.223 e. The molecule has 5 atom stereocenters. The molecule has 11 nitrogen and oxygen atoms in total. The van der Waals surface area contributed by atoms with Gasteiger partial charge in [0.25, 0.3) is 0 Å². The third-order valence-electron chi connectivity index (χ3n) is 9.00. The molecule has 3 N–H and O–H groups in total. The fourth-order valence-corrected chi connectivity index (χ4v) is 6.21. The largest absolute Gasteiger partial charge is 0.504 e. The highest BCUT2D eigenvalue weighted by Gasteiger charge is 2.50. The average Bonchev–Trinajstić information content (AvgIpc) is 3.53. The number of phenols is 1. The molecule has 0 aromatic heterocycles. The molecule has 3 fully saturated rings. The van der Waals surface area contributed by atoms with E-state index in [1.807, 2.05) is 4.90 Å². The molecule has 5 unspecified atom stereocenters. The number of aliphatic hydroxyl groups is 1. The van der Waals surface area contributed by atoms with Crippen molar-refractivity contribution in [2.45, 2.75) is 76.5 Å². The van der Waals surface area contributed by atoms with Crippen LogP contribution in [0.1, 0.15) is 70.5 Å². The predicted octanol–water partition coefficient (Wildman–Crippen LogP) is 2.36. The van der Waals surface area contributed by atoms with Crippen LogP contribution in [0.2, 0.25) is 0 Å². The van der Waals surface area contributed by atoms with Crippen LogP contribution in [-0.2, 0) is 28.7 Å². The Labute approximate surface area is 253 Å². The van der Waals surface area contributed by atoms with Crippen LogP contribution < -0.4 is 10.1 Å². The van der Waals surface area contributed by atoms with Gasteiger partial charge in [-0.15, -0.1) is 0 Å². The SMILES string of the molecule is COc1ccc(C(O)C(NC(=O)C(C)CC(=O)CN2CCOCC2)C(=O)CC(CC2CCCC2)C(=O)C2(C)CO2)cc1O. The Bertz CT molecular complexity index is 1160. The number of rotatable bonds is 16. The summed E-state index contributed by atoms with van der Waals surface area (Å²) in [6, 6.07) is 2.85. The first-order valence-corrected chi connectivity index (χ1v) is 15.4. The van der Waals surface area contributed by atoms with Crippen LogP contribution in [0.5, 0.6) is 11.5 Å². The summed E-state index contributed by atoms with van der Waals surface area (Å²) in [6.07, 6.45) is 3.03. The molecular formula is C32H46N2O9. The zero-order valence-corrected chi connectivity index (χ0v) is 25.5. The average molecular weight is 603 g/mol. The summed E-state index contributed by atoms with van der Waals surface area (Å²) in [5.41, 5.74) is -0.706. The molecule has 0 bridgehead atoms. The second kappa shape index (κ2) is 14.7. The second-order valence-electron chi connectivity index (χ2n) is 12.5. The lowest BCUT2D eigenvalue weighted by Crippen LogP contribution is -2.48. The first kappa shape index (κ1) is 33.0. The number of carbonyl (C=O) groups excluding carboxylic acids is 4. The number of methoxy groups -OCH3 is 1. The van der Waals surface area contributed by atoms with Gasteiger partial charge < -0.3 is 29.7 Å². The topological polar surface area (TPSA) is 155 Å². The van der Waals surface area contributed by atoms with Crippen molar-refractivity contribution in [1.82, 2.24) is 10.2 Å². The van der Waals surface area contributed by atoms with Crippen LogP contribution in [0.3, 0.4) is 0 Å². The van der Waals surface area contributed by atoms with Crippen LogP contribution in [0.15, 0.2) is 18.2 Å². The highest BCUT2D eigenvalue weighted by molar-refractivity contribution is 5.97. The van der Waals surface area contributed by atoms with Gasteiger partial charge in [0.2, 0.25) is 5.91 Å². The van der Waals surface area contributed by atoms with E-state index >= 15 is 0 Å². The number of amides is 1. The van der Waals surface area contributed by atoms with Crippen LogP contribution >= 0.6 is 0 Å². The molecule has 0 radical (unpaired) electrons. The van der Waals surface area contributed by atoms with Gasteiger partial charge in [-0.3, -0.25) is 24.1 Å². The Morgan fingerprint density at radius 3 is 2.42 bits per heavy atom. The van der Waals surface area contributed by atoms with Crippen LogP contribution in [0.25, 0.3) is 0 Å². The van der Waals surface area contributed by atoms with E-state index in [9.17, 15) is 29.4 Å². The van der Waals surface area contributed by atoms with Gasteiger partial charge in [-0.1, -0.05) is 38.7 Å². The number of aliphatic hydroxyl groups excluding tert-OH is 1. The van der Waals surface area contributed by atoms with Crippen molar-refractivity contribution in [2.24, 2.45) is 17.8 Å². The Balaban J connectivity index is 1.50. The van der Waals surface area contributed by atoms with E-state index in [4.69, 9.17) is 14.2 Å². The summed E-state index contributed by atoms with van der Waals surface area (Å²) < 4.78 is 15.8. The zero-order chi connectivity index (χ0) is 31.1. The molecular weight excluding hydrogens is 556 g/mol. The lowest BCUT2D eigenvalue weighted by atomic mass is 9.81. The molecule has 3 aliphatic rings. The monoisotopic (exact) mass is 602 g/mol. The van der Waals surface area contributed by atoms with Crippen molar-refractivity contribution in [3.63, 3.8) is 0 Å². The van der Waals surface area contributed by atoms with Crippen LogP contribution in [0.4, 0.5) is 0 Å². The number of phenolic OH excluding ortho intramolecular Hbond substituents is 1. The van der Waals surface area contributed by atoms with Gasteiger partial charge in [0.05, 0.1) is 33.5 Å². The van der Waals surface area contributed by atoms with E-state index in [-0.39, 0.29) is 48.0 Å². The van der Waals surface area contributed by atoms with Gasteiger partial charge in [-0.2, -0.15) is 0 Å². The van der Waals surface area contributed by atoms with E-state index in [0.717, 1.165) is 25.7 Å². The summed E-state index contributed by atoms with van der Waals surface area (Å²) in [5.74, 6) is -2.35. The second-order valence-corrected chi connectivity index (χ2v) is 12.5. The third kappa shape index (κ3) is 8.84. The first-order valence-electron chi connectivity index (χ1n) is 15.4. The molecule has 0 spiro atoms. The fourth-order valence-electron chi connectivity index (χ4n) is 6.21. The molecule has 1 aromatic rings. The molecule has 1 aromatic carbocycles. The highest BCUT2D eigenvalue weighted by Crippen LogP contribution is 2.38. The Morgan fingerprint density at radius 1 is 1.14 bits per heavy atom. The Hall–Kier alpha value is -2.86. The minimum Gasteiger partial charge on any atom is -0.504 e. The van der Waals surface area contributed by atoms with Crippen molar-refractivity contribution >= 4 is 23.3 Å². The number of aromatic hydroxyl groups is 1. The van der Waals surface area contributed by atoms with Gasteiger partial charge in [-0.25, -0.2) is 0 Å². The van der Waals surface area contributed by atoms with Gasteiger partial charge in [0.15, 0.2) is 23.1 Å².